The first-order valence-electron chi connectivity index (χ1n) is 8.51. The van der Waals surface area contributed by atoms with Crippen LogP contribution >= 0.6 is 0 Å². The third kappa shape index (κ3) is 7.43. The van der Waals surface area contributed by atoms with Crippen molar-refractivity contribution < 1.29 is 22.7 Å². The minimum Gasteiger partial charge on any atom is -0.378 e. The highest BCUT2D eigenvalue weighted by Crippen LogP contribution is 2.11. The summed E-state index contributed by atoms with van der Waals surface area (Å²) in [6.45, 7) is 10.6. The monoisotopic (exact) mass is 365 g/mol. The van der Waals surface area contributed by atoms with Gasteiger partial charge in [0.05, 0.1) is 18.5 Å². The molecule has 1 fully saturated rings. The van der Waals surface area contributed by atoms with Crippen LogP contribution in [0.1, 0.15) is 20.8 Å². The lowest BCUT2D eigenvalue weighted by molar-refractivity contribution is -0.125. The second-order valence-electron chi connectivity index (χ2n) is 5.93. The van der Waals surface area contributed by atoms with Crippen molar-refractivity contribution in [3.63, 3.8) is 0 Å². The van der Waals surface area contributed by atoms with Gasteiger partial charge in [0, 0.05) is 45.9 Å². The Morgan fingerprint density at radius 1 is 1.12 bits per heavy atom. The lowest BCUT2D eigenvalue weighted by Crippen LogP contribution is -2.50. The van der Waals surface area contributed by atoms with Crippen LogP contribution in [0, 0.1) is 0 Å². The van der Waals surface area contributed by atoms with Crippen LogP contribution in [0.25, 0.3) is 0 Å². The summed E-state index contributed by atoms with van der Waals surface area (Å²) in [5.41, 5.74) is 0. The Morgan fingerprint density at radius 3 is 2.38 bits per heavy atom. The van der Waals surface area contributed by atoms with E-state index < -0.39 is 10.0 Å². The number of carbonyl (C=O) groups excluding carboxylic acids is 1. The van der Waals surface area contributed by atoms with E-state index in [1.165, 1.54) is 0 Å². The van der Waals surface area contributed by atoms with Crippen LogP contribution in [0.5, 0.6) is 0 Å². The zero-order chi connectivity index (χ0) is 18.0. The Hall–Kier alpha value is -0.740. The standard InChI is InChI=1S/C15H31N3O5S/c1-4-22-13-15(19)16-5-11-23-12-10-17-6-8-18(9-7-17)24(20,21)14(2)3/h14H,4-13H2,1-3H3,(H,16,19). The van der Waals surface area contributed by atoms with Crippen molar-refractivity contribution in [2.24, 2.45) is 0 Å². The van der Waals surface area contributed by atoms with Crippen molar-refractivity contribution >= 4 is 15.9 Å². The summed E-state index contributed by atoms with van der Waals surface area (Å²) in [6.07, 6.45) is 0. The molecule has 1 heterocycles. The highest BCUT2D eigenvalue weighted by molar-refractivity contribution is 7.89. The third-order valence-electron chi connectivity index (χ3n) is 3.84. The number of rotatable bonds is 11. The van der Waals surface area contributed by atoms with E-state index in [1.807, 2.05) is 6.92 Å². The van der Waals surface area contributed by atoms with Crippen LogP contribution in [0.3, 0.4) is 0 Å². The summed E-state index contributed by atoms with van der Waals surface area (Å²) in [7, 11) is -3.15. The van der Waals surface area contributed by atoms with Gasteiger partial charge in [0.2, 0.25) is 15.9 Å². The van der Waals surface area contributed by atoms with Crippen LogP contribution in [-0.2, 0) is 24.3 Å². The first kappa shape index (κ1) is 21.3. The molecule has 0 atom stereocenters. The quantitative estimate of drug-likeness (QED) is 0.497. The van der Waals surface area contributed by atoms with Crippen LogP contribution in [0.15, 0.2) is 0 Å². The van der Waals surface area contributed by atoms with Gasteiger partial charge in [-0.2, -0.15) is 4.31 Å². The smallest absolute Gasteiger partial charge is 0.246 e. The Bertz CT molecular complexity index is 462. The normalized spacial score (nSPS) is 17.3. The van der Waals surface area contributed by atoms with E-state index in [9.17, 15) is 13.2 Å². The van der Waals surface area contributed by atoms with E-state index in [0.717, 1.165) is 19.6 Å². The number of piperazine rings is 1. The number of ether oxygens (including phenoxy) is 2. The maximum Gasteiger partial charge on any atom is 0.246 e. The van der Waals surface area contributed by atoms with Gasteiger partial charge in [0.1, 0.15) is 6.61 Å². The molecule has 1 rings (SSSR count). The summed E-state index contributed by atoms with van der Waals surface area (Å²) in [5, 5.41) is 2.34. The molecule has 8 nitrogen and oxygen atoms in total. The van der Waals surface area contributed by atoms with E-state index >= 15 is 0 Å². The Morgan fingerprint density at radius 2 is 1.79 bits per heavy atom. The molecule has 1 aliphatic rings. The third-order valence-corrected chi connectivity index (χ3v) is 6.12. The molecule has 0 saturated carbocycles. The molecular formula is C15H31N3O5S. The van der Waals surface area contributed by atoms with Gasteiger partial charge in [-0.25, -0.2) is 8.42 Å². The van der Waals surface area contributed by atoms with Gasteiger partial charge >= 0.3 is 0 Å². The van der Waals surface area contributed by atoms with Crippen molar-refractivity contribution in [1.29, 1.82) is 0 Å². The maximum absolute atomic E-state index is 12.1. The first-order valence-corrected chi connectivity index (χ1v) is 10.0. The summed E-state index contributed by atoms with van der Waals surface area (Å²) < 4.78 is 36.2. The predicted molar refractivity (Wildman–Crippen MR) is 92.4 cm³/mol. The van der Waals surface area contributed by atoms with Gasteiger partial charge in [0.25, 0.3) is 0 Å². The molecule has 0 aliphatic carbocycles. The molecule has 1 N–H and O–H groups in total. The summed E-state index contributed by atoms with van der Waals surface area (Å²) in [5.74, 6) is -0.136. The van der Waals surface area contributed by atoms with Gasteiger partial charge in [-0.15, -0.1) is 0 Å². The molecular weight excluding hydrogens is 334 g/mol. The summed E-state index contributed by atoms with van der Waals surface area (Å²) in [6, 6.07) is 0. The molecule has 1 aliphatic heterocycles. The predicted octanol–water partition coefficient (Wildman–Crippen LogP) is -0.488. The molecule has 24 heavy (non-hydrogen) atoms. The molecule has 0 aromatic heterocycles. The van der Waals surface area contributed by atoms with Crippen molar-refractivity contribution in [2.45, 2.75) is 26.0 Å². The Labute approximate surface area is 145 Å². The zero-order valence-corrected chi connectivity index (χ0v) is 15.8. The molecule has 1 saturated heterocycles. The molecule has 1 amide bonds. The number of hydrogen-bond donors (Lipinski definition) is 1. The second kappa shape index (κ2) is 11.0. The fourth-order valence-corrected chi connectivity index (χ4v) is 3.58. The van der Waals surface area contributed by atoms with Gasteiger partial charge in [-0.1, -0.05) is 0 Å². The first-order chi connectivity index (χ1) is 11.4. The van der Waals surface area contributed by atoms with Gasteiger partial charge in [0.15, 0.2) is 0 Å². The molecule has 9 heteroatoms. The van der Waals surface area contributed by atoms with E-state index in [4.69, 9.17) is 9.47 Å². The topological polar surface area (TPSA) is 88.2 Å². The molecule has 0 aromatic carbocycles. The molecule has 0 spiro atoms. The fourth-order valence-electron chi connectivity index (χ4n) is 2.31. The van der Waals surface area contributed by atoms with Crippen LogP contribution in [-0.4, -0.2) is 94.5 Å². The number of hydrogen-bond acceptors (Lipinski definition) is 6. The second-order valence-corrected chi connectivity index (χ2v) is 8.42. The fraction of sp³-hybridized carbons (Fsp3) is 0.933. The Kier molecular flexibility index (Phi) is 9.75. The van der Waals surface area contributed by atoms with E-state index in [1.54, 1.807) is 18.2 Å². The van der Waals surface area contributed by atoms with E-state index in [2.05, 4.69) is 10.2 Å². The lowest BCUT2D eigenvalue weighted by Gasteiger charge is -2.34. The average molecular weight is 365 g/mol. The minimum absolute atomic E-state index is 0.0834. The van der Waals surface area contributed by atoms with Crippen LogP contribution in [0.2, 0.25) is 0 Å². The number of amides is 1. The molecule has 0 radical (unpaired) electrons. The van der Waals surface area contributed by atoms with Gasteiger partial charge in [-0.05, 0) is 20.8 Å². The molecule has 0 unspecified atom stereocenters. The number of sulfonamides is 1. The van der Waals surface area contributed by atoms with Gasteiger partial charge < -0.3 is 14.8 Å². The van der Waals surface area contributed by atoms with Crippen molar-refractivity contribution in [3.05, 3.63) is 0 Å². The molecule has 142 valence electrons. The van der Waals surface area contributed by atoms with Gasteiger partial charge in [-0.3, -0.25) is 9.69 Å². The highest BCUT2D eigenvalue weighted by atomic mass is 32.2. The van der Waals surface area contributed by atoms with Crippen molar-refractivity contribution in [3.8, 4) is 0 Å². The minimum atomic E-state index is -3.15. The zero-order valence-electron chi connectivity index (χ0n) is 15.0. The van der Waals surface area contributed by atoms with Crippen molar-refractivity contribution in [1.82, 2.24) is 14.5 Å². The number of nitrogens with zero attached hydrogens (tertiary/aromatic N) is 2. The van der Waals surface area contributed by atoms with E-state index in [-0.39, 0.29) is 17.8 Å². The number of carbonyl (C=O) groups is 1. The lowest BCUT2D eigenvalue weighted by atomic mass is 10.3. The summed E-state index contributed by atoms with van der Waals surface area (Å²) in [4.78, 5) is 13.5. The molecule has 0 aromatic rings. The van der Waals surface area contributed by atoms with Crippen LogP contribution in [0.4, 0.5) is 0 Å². The summed E-state index contributed by atoms with van der Waals surface area (Å²) >= 11 is 0. The number of nitrogens with one attached hydrogen (secondary N) is 1. The average Bonchev–Trinajstić information content (AvgIpc) is 2.56. The van der Waals surface area contributed by atoms with E-state index in [0.29, 0.717) is 39.5 Å². The SMILES string of the molecule is CCOCC(=O)NCCOCCN1CCN(S(=O)(=O)C(C)C)CC1. The molecule has 0 bridgehead atoms. The Balaban J connectivity index is 2.07. The maximum atomic E-state index is 12.1. The van der Waals surface area contributed by atoms with Crippen LogP contribution < -0.4 is 5.32 Å². The largest absolute Gasteiger partial charge is 0.378 e. The highest BCUT2D eigenvalue weighted by Gasteiger charge is 2.28. The van der Waals surface area contributed by atoms with Crippen molar-refractivity contribution in [2.75, 3.05) is 65.7 Å².